The number of aromatic nitrogens is 1. The Kier molecular flexibility index (Phi) is 10.6. The lowest BCUT2D eigenvalue weighted by molar-refractivity contribution is -0.164. The van der Waals surface area contributed by atoms with Crippen LogP contribution in [0.2, 0.25) is 0 Å². The summed E-state index contributed by atoms with van der Waals surface area (Å²) in [5.74, 6) is 5.99. The number of hydrogen-bond donors (Lipinski definition) is 4. The van der Waals surface area contributed by atoms with E-state index in [2.05, 4.69) is 16.8 Å². The maximum Gasteiger partial charge on any atom is 0.302 e. The molecule has 2 fully saturated rings. The molecule has 10 heteroatoms. The first-order valence-electron chi connectivity index (χ1n) is 16.8. The number of aliphatic hydroxyl groups excluding tert-OH is 1. The number of rotatable bonds is 8. The smallest absolute Gasteiger partial charge is 0.302 e. The standard InChI is InChI=1S/C38H43NO9/c1-23(41)46-29-19-34(48-35(20-29)28-17-32(43)38(44)37(18-28)45-14-12-24-5-4-13-39-21-24)26-6-2-8-30-27(22-40)7-3-9-33(30)47-36-16-25(15-26)10-11-31(36)42/h4-5,10-11,13,16-18,21,26-27,29-30,33-35,40,42-44H,3,6-7,9,12,14-15,19-20,22H2,1H3/t26-,27-,29+,30+,33+,34-,35+/m1/s1. The van der Waals surface area contributed by atoms with E-state index in [4.69, 9.17) is 18.9 Å². The van der Waals surface area contributed by atoms with Crippen LogP contribution in [0.5, 0.6) is 28.7 Å². The Hall–Kier alpha value is -4.46. The lowest BCUT2D eigenvalue weighted by Gasteiger charge is -2.39. The first-order chi connectivity index (χ1) is 23.3. The molecule has 48 heavy (non-hydrogen) atoms. The van der Waals surface area contributed by atoms with Crippen LogP contribution in [0.25, 0.3) is 0 Å². The molecule has 2 aliphatic heterocycles. The van der Waals surface area contributed by atoms with Crippen molar-refractivity contribution in [3.05, 3.63) is 71.5 Å². The maximum absolute atomic E-state index is 12.2. The van der Waals surface area contributed by atoms with Gasteiger partial charge in [0.15, 0.2) is 23.0 Å². The molecule has 1 saturated carbocycles. The van der Waals surface area contributed by atoms with Crippen LogP contribution in [0.3, 0.4) is 0 Å². The van der Waals surface area contributed by atoms with Gasteiger partial charge in [0.25, 0.3) is 0 Å². The topological polar surface area (TPSA) is 148 Å². The molecule has 0 radical (unpaired) electrons. The molecule has 4 N–H and O–H groups in total. The number of fused-ring (bicyclic) bond motifs is 3. The third-order valence-corrected chi connectivity index (χ3v) is 9.63. The Morgan fingerprint density at radius 1 is 1.06 bits per heavy atom. The van der Waals surface area contributed by atoms with Gasteiger partial charge in [-0.25, -0.2) is 0 Å². The molecule has 0 unspecified atom stereocenters. The van der Waals surface area contributed by atoms with Gasteiger partial charge in [-0.2, -0.15) is 0 Å². The summed E-state index contributed by atoms with van der Waals surface area (Å²) in [6, 6.07) is 12.3. The van der Waals surface area contributed by atoms with Crippen LogP contribution < -0.4 is 9.47 Å². The van der Waals surface area contributed by atoms with Crippen molar-refractivity contribution in [3.8, 4) is 40.6 Å². The Morgan fingerprint density at radius 2 is 1.94 bits per heavy atom. The van der Waals surface area contributed by atoms with Crippen molar-refractivity contribution < 1.29 is 44.2 Å². The van der Waals surface area contributed by atoms with Gasteiger partial charge >= 0.3 is 5.97 Å². The van der Waals surface area contributed by atoms with Gasteiger partial charge in [-0.05, 0) is 78.6 Å². The number of hydrogen-bond acceptors (Lipinski definition) is 10. The van der Waals surface area contributed by atoms with Crippen molar-refractivity contribution in [2.75, 3.05) is 13.2 Å². The predicted octanol–water partition coefficient (Wildman–Crippen LogP) is 5.39. The number of esters is 1. The molecule has 1 aliphatic carbocycles. The predicted molar refractivity (Wildman–Crippen MR) is 176 cm³/mol. The first kappa shape index (κ1) is 33.4. The Balaban J connectivity index is 1.28. The molecule has 3 aliphatic rings. The fourth-order valence-corrected chi connectivity index (χ4v) is 7.18. The van der Waals surface area contributed by atoms with Crippen LogP contribution in [0.4, 0.5) is 0 Å². The van der Waals surface area contributed by atoms with Crippen LogP contribution in [0.1, 0.15) is 68.2 Å². The van der Waals surface area contributed by atoms with Crippen molar-refractivity contribution in [3.63, 3.8) is 0 Å². The fraction of sp³-hybridized carbons (Fsp3) is 0.474. The third-order valence-electron chi connectivity index (χ3n) is 9.63. The van der Waals surface area contributed by atoms with Crippen LogP contribution in [0, 0.1) is 29.6 Å². The van der Waals surface area contributed by atoms with Gasteiger partial charge < -0.3 is 39.4 Å². The number of phenolic OH excluding ortho intramolecular Hbond substituents is 3. The van der Waals surface area contributed by atoms with Crippen molar-refractivity contribution >= 4 is 5.97 Å². The Morgan fingerprint density at radius 3 is 2.73 bits per heavy atom. The van der Waals surface area contributed by atoms with E-state index in [9.17, 15) is 25.2 Å². The molecule has 2 aromatic carbocycles. The average Bonchev–Trinajstić information content (AvgIpc) is 3.10. The van der Waals surface area contributed by atoms with E-state index in [-0.39, 0.29) is 66.2 Å². The first-order valence-corrected chi connectivity index (χ1v) is 16.8. The number of aromatic hydroxyl groups is 3. The third kappa shape index (κ3) is 7.97. The monoisotopic (exact) mass is 657 g/mol. The molecule has 0 amide bonds. The zero-order valence-corrected chi connectivity index (χ0v) is 27.1. The average molecular weight is 658 g/mol. The summed E-state index contributed by atoms with van der Waals surface area (Å²) in [7, 11) is 0. The van der Waals surface area contributed by atoms with Gasteiger partial charge in [-0.3, -0.25) is 9.78 Å². The number of benzene rings is 2. The van der Waals surface area contributed by atoms with Crippen LogP contribution >= 0.6 is 0 Å². The SMILES string of the molecule is CC(=O)O[C@@H]1C[C@@H](c2cc(O)c(O)c(OCCc3cccnc3)c2)O[C@@H]([C@@H]2CC#C[C@H]3[C@@H](CO)CCC[C@@H]3Oc3cc(ccc3O)C2)C1. The van der Waals surface area contributed by atoms with Crippen molar-refractivity contribution in [2.24, 2.45) is 17.8 Å². The maximum atomic E-state index is 12.2. The minimum atomic E-state index is -0.577. The summed E-state index contributed by atoms with van der Waals surface area (Å²) in [6.07, 6.45) is 6.76. The van der Waals surface area contributed by atoms with Gasteiger partial charge in [0, 0.05) is 57.5 Å². The van der Waals surface area contributed by atoms with E-state index in [1.165, 1.54) is 13.0 Å². The van der Waals surface area contributed by atoms with Crippen molar-refractivity contribution in [1.29, 1.82) is 0 Å². The zero-order chi connectivity index (χ0) is 33.6. The fourth-order valence-electron chi connectivity index (χ4n) is 7.18. The minimum absolute atomic E-state index is 0.0147. The molecule has 3 heterocycles. The molecule has 2 bridgehead atoms. The number of phenols is 3. The molecular formula is C38H43NO9. The lowest BCUT2D eigenvalue weighted by Crippen LogP contribution is -2.39. The molecule has 0 spiro atoms. The molecule has 6 rings (SSSR count). The molecule has 10 nitrogen and oxygen atoms in total. The van der Waals surface area contributed by atoms with Crippen molar-refractivity contribution in [1.82, 2.24) is 4.98 Å². The lowest BCUT2D eigenvalue weighted by atomic mass is 9.77. The molecule has 3 aromatic rings. The molecule has 1 saturated heterocycles. The summed E-state index contributed by atoms with van der Waals surface area (Å²) < 4.78 is 24.8. The minimum Gasteiger partial charge on any atom is -0.504 e. The zero-order valence-electron chi connectivity index (χ0n) is 27.1. The second-order valence-electron chi connectivity index (χ2n) is 13.1. The summed E-state index contributed by atoms with van der Waals surface area (Å²) in [5.41, 5.74) is 2.51. The normalized spacial score (nSPS) is 26.8. The highest BCUT2D eigenvalue weighted by Crippen LogP contribution is 2.44. The number of carbonyl (C=O) groups excluding carboxylic acids is 1. The number of aliphatic hydroxyl groups is 1. The second-order valence-corrected chi connectivity index (χ2v) is 13.1. The van der Waals surface area contributed by atoms with E-state index in [1.807, 2.05) is 24.3 Å². The van der Waals surface area contributed by atoms with Crippen LogP contribution in [-0.2, 0) is 27.1 Å². The molecule has 7 atom stereocenters. The Labute approximate surface area is 280 Å². The highest BCUT2D eigenvalue weighted by atomic mass is 16.6. The summed E-state index contributed by atoms with van der Waals surface area (Å²) in [4.78, 5) is 16.3. The van der Waals surface area contributed by atoms with E-state index >= 15 is 0 Å². The number of ether oxygens (including phenoxy) is 4. The van der Waals surface area contributed by atoms with E-state index in [1.54, 1.807) is 24.5 Å². The quantitative estimate of drug-likeness (QED) is 0.141. The molecule has 254 valence electrons. The van der Waals surface area contributed by atoms with Gasteiger partial charge in [-0.1, -0.05) is 18.1 Å². The highest BCUT2D eigenvalue weighted by Gasteiger charge is 2.38. The summed E-state index contributed by atoms with van der Waals surface area (Å²) in [6.45, 7) is 1.65. The van der Waals surface area contributed by atoms with Crippen LogP contribution in [-0.4, -0.2) is 62.9 Å². The number of nitrogens with zero attached hydrogens (tertiary/aromatic N) is 1. The van der Waals surface area contributed by atoms with Gasteiger partial charge in [0.1, 0.15) is 12.2 Å². The van der Waals surface area contributed by atoms with E-state index in [0.29, 0.717) is 43.4 Å². The summed E-state index contributed by atoms with van der Waals surface area (Å²) in [5, 5.41) is 42.1. The summed E-state index contributed by atoms with van der Waals surface area (Å²) >= 11 is 0. The van der Waals surface area contributed by atoms with Crippen LogP contribution in [0.15, 0.2) is 54.9 Å². The Bertz CT molecular complexity index is 1630. The van der Waals surface area contributed by atoms with Gasteiger partial charge in [0.05, 0.1) is 24.7 Å². The van der Waals surface area contributed by atoms with Gasteiger partial charge in [-0.15, -0.1) is 5.92 Å². The highest BCUT2D eigenvalue weighted by molar-refractivity contribution is 5.66. The van der Waals surface area contributed by atoms with E-state index in [0.717, 1.165) is 30.4 Å². The largest absolute Gasteiger partial charge is 0.504 e. The molecule has 1 aromatic heterocycles. The number of carbonyl (C=O) groups is 1. The number of pyridine rings is 1. The molecular weight excluding hydrogens is 614 g/mol. The van der Waals surface area contributed by atoms with E-state index < -0.39 is 18.2 Å². The second kappa shape index (κ2) is 15.2. The van der Waals surface area contributed by atoms with Crippen molar-refractivity contribution in [2.45, 2.75) is 82.7 Å². The van der Waals surface area contributed by atoms with Gasteiger partial charge in [0.2, 0.25) is 5.75 Å².